The molecule has 2 aromatic rings. The van der Waals surface area contributed by atoms with Crippen LogP contribution in [0.2, 0.25) is 0 Å². The van der Waals surface area contributed by atoms with Crippen LogP contribution < -0.4 is 5.32 Å². The molecule has 7 heteroatoms. The quantitative estimate of drug-likeness (QED) is 0.876. The van der Waals surface area contributed by atoms with Crippen molar-refractivity contribution in [2.45, 2.75) is 13.0 Å². The van der Waals surface area contributed by atoms with Crippen molar-refractivity contribution in [3.63, 3.8) is 0 Å². The van der Waals surface area contributed by atoms with E-state index in [9.17, 15) is 9.59 Å². The number of hydrogen-bond acceptors (Lipinski definition) is 5. The molecule has 0 aliphatic rings. The van der Waals surface area contributed by atoms with Crippen LogP contribution in [0.5, 0.6) is 0 Å². The maximum Gasteiger partial charge on any atom is 0.331 e. The normalized spacial score (nSPS) is 12.1. The molecule has 0 radical (unpaired) electrons. The lowest BCUT2D eigenvalue weighted by Crippen LogP contribution is -2.33. The Labute approximate surface area is 106 Å². The highest BCUT2D eigenvalue weighted by Crippen LogP contribution is 2.20. The predicted molar refractivity (Wildman–Crippen MR) is 63.4 cm³/mol. The molecule has 1 unspecified atom stereocenters. The van der Waals surface area contributed by atoms with Crippen LogP contribution in [0, 0.1) is 6.92 Å². The molecule has 2 rings (SSSR count). The summed E-state index contributed by atoms with van der Waals surface area (Å²) in [4.78, 5) is 23.6. The van der Waals surface area contributed by atoms with Gasteiger partial charge in [0.2, 0.25) is 0 Å². The molecule has 94 valence electrons. The van der Waals surface area contributed by atoms with Crippen molar-refractivity contribution >= 4 is 23.2 Å². The molecular weight excluding hydrogens is 256 g/mol. The lowest BCUT2D eigenvalue weighted by Gasteiger charge is -2.12. The van der Waals surface area contributed by atoms with Gasteiger partial charge in [0.1, 0.15) is 11.3 Å². The second-order valence-electron chi connectivity index (χ2n) is 3.56. The molecule has 0 saturated carbocycles. The highest BCUT2D eigenvalue weighted by molar-refractivity contribution is 7.10. The molecule has 0 fully saturated rings. The van der Waals surface area contributed by atoms with E-state index in [1.54, 1.807) is 24.4 Å². The zero-order valence-corrected chi connectivity index (χ0v) is 10.2. The fraction of sp³-hybridized carbons (Fsp3) is 0.182. The summed E-state index contributed by atoms with van der Waals surface area (Å²) in [6.07, 6.45) is 1.26. The van der Waals surface area contributed by atoms with E-state index in [1.807, 2.05) is 0 Å². The molecule has 0 bridgehead atoms. The minimum absolute atomic E-state index is 0.234. The van der Waals surface area contributed by atoms with Crippen molar-refractivity contribution in [2.24, 2.45) is 0 Å². The number of carbonyl (C=O) groups excluding carboxylic acids is 1. The number of aryl methyl sites for hydroxylation is 1. The number of nitrogens with zero attached hydrogens (tertiary/aromatic N) is 1. The number of amides is 1. The van der Waals surface area contributed by atoms with E-state index in [1.165, 1.54) is 17.5 Å². The van der Waals surface area contributed by atoms with Gasteiger partial charge in [-0.1, -0.05) is 11.2 Å². The van der Waals surface area contributed by atoms with Gasteiger partial charge < -0.3 is 14.9 Å². The molecule has 2 aromatic heterocycles. The Hall–Kier alpha value is -2.15. The number of aromatic nitrogens is 1. The van der Waals surface area contributed by atoms with Crippen LogP contribution in [0.25, 0.3) is 0 Å². The molecular formula is C11H10N2O4S. The largest absolute Gasteiger partial charge is 0.479 e. The summed E-state index contributed by atoms with van der Waals surface area (Å²) in [5, 5.41) is 16.8. The van der Waals surface area contributed by atoms with E-state index in [4.69, 9.17) is 9.63 Å². The number of rotatable bonds is 4. The van der Waals surface area contributed by atoms with Crippen LogP contribution >= 0.6 is 11.3 Å². The summed E-state index contributed by atoms with van der Waals surface area (Å²) >= 11 is 1.27. The number of carbonyl (C=O) groups is 2. The Kier molecular flexibility index (Phi) is 3.42. The number of hydrogen-bond donors (Lipinski definition) is 2. The monoisotopic (exact) mass is 266 g/mol. The van der Waals surface area contributed by atoms with Crippen molar-refractivity contribution in [1.29, 1.82) is 0 Å². The molecule has 18 heavy (non-hydrogen) atoms. The summed E-state index contributed by atoms with van der Waals surface area (Å²) in [5.41, 5.74) is 0.234. The molecule has 2 heterocycles. The Morgan fingerprint density at radius 1 is 1.56 bits per heavy atom. The zero-order chi connectivity index (χ0) is 13.1. The van der Waals surface area contributed by atoms with Crippen molar-refractivity contribution in [2.75, 3.05) is 0 Å². The Bertz CT molecular complexity index is 561. The van der Waals surface area contributed by atoms with Crippen molar-refractivity contribution < 1.29 is 19.2 Å². The summed E-state index contributed by atoms with van der Waals surface area (Å²) in [7, 11) is 0. The molecule has 0 spiro atoms. The van der Waals surface area contributed by atoms with Crippen molar-refractivity contribution in [3.8, 4) is 0 Å². The highest BCUT2D eigenvalue weighted by Gasteiger charge is 2.25. The highest BCUT2D eigenvalue weighted by atomic mass is 32.1. The Balaban J connectivity index is 2.18. The minimum atomic E-state index is -1.11. The first kappa shape index (κ1) is 12.3. The van der Waals surface area contributed by atoms with Crippen LogP contribution in [-0.2, 0) is 4.79 Å². The Morgan fingerprint density at radius 3 is 2.83 bits per heavy atom. The number of nitrogens with one attached hydrogen (secondary N) is 1. The fourth-order valence-corrected chi connectivity index (χ4v) is 2.20. The van der Waals surface area contributed by atoms with Crippen LogP contribution in [0.15, 0.2) is 28.2 Å². The van der Waals surface area contributed by atoms with E-state index in [-0.39, 0.29) is 5.56 Å². The van der Waals surface area contributed by atoms with Crippen LogP contribution in [-0.4, -0.2) is 22.1 Å². The molecule has 0 aromatic carbocycles. The number of carboxylic acids is 1. The lowest BCUT2D eigenvalue weighted by atomic mass is 10.2. The SMILES string of the molecule is Cc1oncc1C(=O)NC(C(=O)O)c1cccs1. The van der Waals surface area contributed by atoms with Gasteiger partial charge in [-0.15, -0.1) is 11.3 Å². The topological polar surface area (TPSA) is 92.4 Å². The third kappa shape index (κ3) is 2.40. The molecule has 0 aliphatic heterocycles. The van der Waals surface area contributed by atoms with Gasteiger partial charge >= 0.3 is 5.97 Å². The maximum atomic E-state index is 11.9. The zero-order valence-electron chi connectivity index (χ0n) is 9.41. The predicted octanol–water partition coefficient (Wildman–Crippen LogP) is 1.60. The second kappa shape index (κ2) is 5.01. The number of aliphatic carboxylic acids is 1. The molecule has 0 aliphatic carbocycles. The van der Waals surface area contributed by atoms with E-state index in [0.29, 0.717) is 10.6 Å². The van der Waals surface area contributed by atoms with Gasteiger partial charge in [0, 0.05) is 4.88 Å². The molecule has 1 amide bonds. The van der Waals surface area contributed by atoms with Gasteiger partial charge in [-0.2, -0.15) is 0 Å². The van der Waals surface area contributed by atoms with Crippen LogP contribution in [0.3, 0.4) is 0 Å². The first-order valence-electron chi connectivity index (χ1n) is 5.08. The van der Waals surface area contributed by atoms with Gasteiger partial charge in [0.05, 0.1) is 6.20 Å². The summed E-state index contributed by atoms with van der Waals surface area (Å²) in [6.45, 7) is 1.59. The van der Waals surface area contributed by atoms with Gasteiger partial charge in [-0.25, -0.2) is 4.79 Å². The lowest BCUT2D eigenvalue weighted by molar-refractivity contribution is -0.139. The molecule has 6 nitrogen and oxygen atoms in total. The standard InChI is InChI=1S/C11H10N2O4S/c1-6-7(5-12-17-6)10(14)13-9(11(15)16)8-3-2-4-18-8/h2-5,9H,1H3,(H,13,14)(H,15,16). The maximum absolute atomic E-state index is 11.9. The molecule has 1 atom stereocenters. The third-order valence-electron chi connectivity index (χ3n) is 2.35. The summed E-state index contributed by atoms with van der Waals surface area (Å²) in [5.74, 6) is -1.28. The van der Waals surface area contributed by atoms with Gasteiger partial charge in [-0.3, -0.25) is 4.79 Å². The smallest absolute Gasteiger partial charge is 0.331 e. The third-order valence-corrected chi connectivity index (χ3v) is 3.28. The molecule has 0 saturated heterocycles. The fourth-order valence-electron chi connectivity index (χ4n) is 1.44. The first-order chi connectivity index (χ1) is 8.59. The Morgan fingerprint density at radius 2 is 2.33 bits per heavy atom. The average Bonchev–Trinajstić information content (AvgIpc) is 2.95. The average molecular weight is 266 g/mol. The number of carboxylic acid groups (broad SMARTS) is 1. The minimum Gasteiger partial charge on any atom is -0.479 e. The van der Waals surface area contributed by atoms with Gasteiger partial charge in [-0.05, 0) is 18.4 Å². The van der Waals surface area contributed by atoms with E-state index < -0.39 is 17.9 Å². The van der Waals surface area contributed by atoms with Crippen molar-refractivity contribution in [3.05, 3.63) is 39.9 Å². The van der Waals surface area contributed by atoms with Crippen molar-refractivity contribution in [1.82, 2.24) is 10.5 Å². The summed E-state index contributed by atoms with van der Waals surface area (Å²) < 4.78 is 4.76. The van der Waals surface area contributed by atoms with Crippen LogP contribution in [0.4, 0.5) is 0 Å². The first-order valence-corrected chi connectivity index (χ1v) is 5.96. The van der Waals surface area contributed by atoms with Gasteiger partial charge in [0.15, 0.2) is 6.04 Å². The van der Waals surface area contributed by atoms with Gasteiger partial charge in [0.25, 0.3) is 5.91 Å². The summed E-state index contributed by atoms with van der Waals surface area (Å²) in [6, 6.07) is 2.32. The van der Waals surface area contributed by atoms with E-state index in [0.717, 1.165) is 0 Å². The van der Waals surface area contributed by atoms with E-state index in [2.05, 4.69) is 10.5 Å². The number of thiophene rings is 1. The van der Waals surface area contributed by atoms with Crippen LogP contribution in [0.1, 0.15) is 27.0 Å². The second-order valence-corrected chi connectivity index (χ2v) is 4.54. The molecule has 2 N–H and O–H groups in total. The van der Waals surface area contributed by atoms with E-state index >= 15 is 0 Å².